The average molecular weight is 556 g/mol. The minimum absolute atomic E-state index is 0.209. The zero-order valence-electron chi connectivity index (χ0n) is 23.2. The van der Waals surface area contributed by atoms with Crippen molar-refractivity contribution < 1.29 is 13.6 Å². The van der Waals surface area contributed by atoms with Crippen LogP contribution in [0.25, 0.3) is 33.1 Å². The van der Waals surface area contributed by atoms with Gasteiger partial charge in [-0.15, -0.1) is 0 Å². The molecule has 210 valence electrons. The molecule has 0 saturated carbocycles. The van der Waals surface area contributed by atoms with Gasteiger partial charge in [0.15, 0.2) is 17.5 Å². The molecule has 0 aliphatic carbocycles. The fraction of sp³-hybridized carbons (Fsp3) is 0.161. The van der Waals surface area contributed by atoms with Gasteiger partial charge in [-0.1, -0.05) is 32.0 Å². The Morgan fingerprint density at radius 2 is 1.71 bits per heavy atom. The minimum Gasteiger partial charge on any atom is -0.355 e. The summed E-state index contributed by atoms with van der Waals surface area (Å²) < 4.78 is 26.8. The molecular weight excluding hydrogens is 524 g/mol. The average Bonchev–Trinajstić information content (AvgIpc) is 3.57. The number of pyridine rings is 2. The molecule has 0 unspecified atom stereocenters. The summed E-state index contributed by atoms with van der Waals surface area (Å²) in [6, 6.07) is 17.9. The van der Waals surface area contributed by atoms with E-state index in [1.165, 1.54) is 6.07 Å². The summed E-state index contributed by atoms with van der Waals surface area (Å²) >= 11 is 0. The predicted molar refractivity (Wildman–Crippen MR) is 159 cm³/mol. The predicted octanol–water partition coefficient (Wildman–Crippen LogP) is 6.80. The van der Waals surface area contributed by atoms with E-state index in [2.05, 4.69) is 54.9 Å². The molecule has 8 nitrogen and oxygen atoms in total. The number of hydrogen-bond acceptors (Lipinski definition) is 5. The third kappa shape index (κ3) is 6.55. The second-order valence-electron chi connectivity index (χ2n) is 8.85. The Balaban J connectivity index is 0.000000234. The molecule has 0 atom stereocenters. The van der Waals surface area contributed by atoms with Crippen LogP contribution in [0.3, 0.4) is 0 Å². The van der Waals surface area contributed by atoms with E-state index in [9.17, 15) is 13.6 Å². The van der Waals surface area contributed by atoms with Crippen molar-refractivity contribution in [2.45, 2.75) is 27.3 Å². The Hall–Kier alpha value is -5.12. The zero-order chi connectivity index (χ0) is 29.4. The fourth-order valence-electron chi connectivity index (χ4n) is 4.26. The topological polar surface area (TPSA) is 101 Å². The van der Waals surface area contributed by atoms with Crippen molar-refractivity contribution >= 4 is 40.0 Å². The molecule has 0 fully saturated rings. The van der Waals surface area contributed by atoms with E-state index in [0.29, 0.717) is 12.0 Å². The summed E-state index contributed by atoms with van der Waals surface area (Å²) in [5.41, 5.74) is 5.81. The number of benzene rings is 2. The van der Waals surface area contributed by atoms with Crippen molar-refractivity contribution in [3.8, 4) is 11.1 Å². The molecule has 6 aromatic rings. The maximum atomic E-state index is 12.5. The zero-order valence-corrected chi connectivity index (χ0v) is 23.2. The first-order chi connectivity index (χ1) is 19.9. The standard InChI is InChI=1S/C21H18N6.C8H7F2NO.C2H6/c1-13-5-3-9-22-19(13)25-21-16-11-14(7-8-18(16)27(2)26-21)17-12-24-20-15(17)6-4-10-23-20;9-7-2-1-6(3-8(7)10)4-11-5-12;1-2/h3-12H,1-2H3,(H,23,24)(H,22,25,26);1-3,5H,4H2,(H,11,12);1-2H3. The van der Waals surface area contributed by atoms with Crippen molar-refractivity contribution in [1.82, 2.24) is 30.0 Å². The SMILES string of the molecule is CC.Cc1cccnc1Nc1nn(C)c2ccc(-c3c[nH]c4ncccc34)cc12.O=CNCc1ccc(F)c(F)c1. The lowest BCUT2D eigenvalue weighted by molar-refractivity contribution is -0.109. The highest BCUT2D eigenvalue weighted by Gasteiger charge is 2.13. The van der Waals surface area contributed by atoms with Gasteiger partial charge in [0.05, 0.1) is 5.52 Å². The highest BCUT2D eigenvalue weighted by atomic mass is 19.2. The second-order valence-corrected chi connectivity index (χ2v) is 8.85. The normalized spacial score (nSPS) is 10.4. The number of carbonyl (C=O) groups excluding carboxylic acids is 1. The van der Waals surface area contributed by atoms with E-state index in [4.69, 9.17) is 0 Å². The minimum atomic E-state index is -0.903. The summed E-state index contributed by atoms with van der Waals surface area (Å²) in [5.74, 6) is -0.168. The van der Waals surface area contributed by atoms with Gasteiger partial charge in [0.2, 0.25) is 6.41 Å². The third-order valence-corrected chi connectivity index (χ3v) is 6.23. The molecule has 0 aliphatic rings. The van der Waals surface area contributed by atoms with Crippen LogP contribution in [0.15, 0.2) is 79.3 Å². The molecule has 0 radical (unpaired) electrons. The second kappa shape index (κ2) is 13.3. The molecule has 41 heavy (non-hydrogen) atoms. The number of nitrogens with zero attached hydrogens (tertiary/aromatic N) is 4. The molecule has 0 saturated heterocycles. The third-order valence-electron chi connectivity index (χ3n) is 6.23. The first-order valence-corrected chi connectivity index (χ1v) is 13.1. The number of halogens is 2. The lowest BCUT2D eigenvalue weighted by atomic mass is 10.0. The first-order valence-electron chi connectivity index (χ1n) is 13.1. The van der Waals surface area contributed by atoms with Gasteiger partial charge in [0, 0.05) is 48.5 Å². The summed E-state index contributed by atoms with van der Waals surface area (Å²) in [7, 11) is 1.95. The van der Waals surface area contributed by atoms with Crippen LogP contribution in [-0.2, 0) is 18.4 Å². The van der Waals surface area contributed by atoms with Crippen LogP contribution < -0.4 is 10.6 Å². The van der Waals surface area contributed by atoms with Crippen LogP contribution in [-0.4, -0.2) is 31.1 Å². The summed E-state index contributed by atoms with van der Waals surface area (Å²) in [5, 5.41) is 12.5. The van der Waals surface area contributed by atoms with Crippen LogP contribution in [0.1, 0.15) is 25.0 Å². The van der Waals surface area contributed by atoms with Crippen molar-refractivity contribution in [2.24, 2.45) is 7.05 Å². The molecule has 1 amide bonds. The molecule has 0 spiro atoms. The quantitative estimate of drug-likeness (QED) is 0.196. The molecule has 2 aromatic carbocycles. The lowest BCUT2D eigenvalue weighted by Gasteiger charge is -2.06. The number of aromatic nitrogens is 5. The lowest BCUT2D eigenvalue weighted by Crippen LogP contribution is -2.09. The van der Waals surface area contributed by atoms with Gasteiger partial charge < -0.3 is 15.6 Å². The number of carbonyl (C=O) groups is 1. The molecule has 4 heterocycles. The summed E-state index contributed by atoms with van der Waals surface area (Å²) in [6.45, 7) is 6.24. The molecule has 6 rings (SSSR count). The number of hydrogen-bond donors (Lipinski definition) is 3. The largest absolute Gasteiger partial charge is 0.355 e. The van der Waals surface area contributed by atoms with Gasteiger partial charge in [-0.2, -0.15) is 5.10 Å². The maximum absolute atomic E-state index is 12.5. The molecule has 4 aromatic heterocycles. The van der Waals surface area contributed by atoms with Crippen LogP contribution in [0.2, 0.25) is 0 Å². The van der Waals surface area contributed by atoms with Gasteiger partial charge >= 0.3 is 0 Å². The molecule has 0 bridgehead atoms. The van der Waals surface area contributed by atoms with Crippen molar-refractivity contribution in [3.63, 3.8) is 0 Å². The Morgan fingerprint density at radius 1 is 0.927 bits per heavy atom. The Bertz CT molecular complexity index is 1780. The van der Waals surface area contributed by atoms with Crippen LogP contribution >= 0.6 is 0 Å². The monoisotopic (exact) mass is 555 g/mol. The van der Waals surface area contributed by atoms with Gasteiger partial charge in [-0.3, -0.25) is 9.48 Å². The summed E-state index contributed by atoms with van der Waals surface area (Å²) in [4.78, 5) is 21.9. The fourth-order valence-corrected chi connectivity index (χ4v) is 4.26. The van der Waals surface area contributed by atoms with Crippen molar-refractivity contribution in [1.29, 1.82) is 0 Å². The molecular formula is C31H31F2N7O. The Labute approximate surface area is 236 Å². The number of aryl methyl sites for hydroxylation is 2. The maximum Gasteiger partial charge on any atom is 0.207 e. The van der Waals surface area contributed by atoms with E-state index in [-0.39, 0.29) is 6.54 Å². The van der Waals surface area contributed by atoms with Gasteiger partial charge in [-0.05, 0) is 66.1 Å². The highest BCUT2D eigenvalue weighted by Crippen LogP contribution is 2.33. The number of fused-ring (bicyclic) bond motifs is 2. The highest BCUT2D eigenvalue weighted by molar-refractivity contribution is 5.99. The number of nitrogens with one attached hydrogen (secondary N) is 3. The molecule has 3 N–H and O–H groups in total. The van der Waals surface area contributed by atoms with Crippen LogP contribution in [0, 0.1) is 18.6 Å². The number of H-pyrrole nitrogens is 1. The van der Waals surface area contributed by atoms with Crippen molar-refractivity contribution in [3.05, 3.63) is 102 Å². The van der Waals surface area contributed by atoms with Crippen LogP contribution in [0.4, 0.5) is 20.4 Å². The van der Waals surface area contributed by atoms with Crippen molar-refractivity contribution in [2.75, 3.05) is 5.32 Å². The Kier molecular flexibility index (Phi) is 9.36. The van der Waals surface area contributed by atoms with Gasteiger partial charge in [0.1, 0.15) is 11.5 Å². The number of aromatic amines is 1. The smallest absolute Gasteiger partial charge is 0.207 e. The number of amides is 1. The van der Waals surface area contributed by atoms with Gasteiger partial charge in [-0.25, -0.2) is 18.7 Å². The molecule has 0 aliphatic heterocycles. The number of rotatable bonds is 6. The summed E-state index contributed by atoms with van der Waals surface area (Å²) in [6.07, 6.45) is 6.08. The Morgan fingerprint density at radius 3 is 2.46 bits per heavy atom. The number of anilines is 2. The van der Waals surface area contributed by atoms with Gasteiger partial charge in [0.25, 0.3) is 0 Å². The van der Waals surface area contributed by atoms with E-state index >= 15 is 0 Å². The van der Waals surface area contributed by atoms with Crippen LogP contribution in [0.5, 0.6) is 0 Å². The van der Waals surface area contributed by atoms with E-state index < -0.39 is 11.6 Å². The van der Waals surface area contributed by atoms with E-state index in [1.54, 1.807) is 12.4 Å². The molecule has 10 heteroatoms. The first kappa shape index (κ1) is 28.9. The van der Waals surface area contributed by atoms with E-state index in [1.807, 2.05) is 56.9 Å². The van der Waals surface area contributed by atoms with E-state index in [0.717, 1.165) is 62.4 Å².